The first-order valence-electron chi connectivity index (χ1n) is 19.5. The van der Waals surface area contributed by atoms with Crippen molar-refractivity contribution < 1.29 is 0 Å². The van der Waals surface area contributed by atoms with Crippen molar-refractivity contribution in [3.8, 4) is 11.1 Å². The van der Waals surface area contributed by atoms with Crippen LogP contribution in [0.25, 0.3) is 11.1 Å². The van der Waals surface area contributed by atoms with E-state index in [1.165, 1.54) is 93.5 Å². The molecule has 0 radical (unpaired) electrons. The second kappa shape index (κ2) is 11.1. The van der Waals surface area contributed by atoms with Crippen LogP contribution in [0.3, 0.4) is 0 Å². The Morgan fingerprint density at radius 1 is 0.455 bits per heavy atom. The van der Waals surface area contributed by atoms with Crippen LogP contribution in [0.5, 0.6) is 0 Å². The molecular weight excluding hydrogens is 679 g/mol. The number of fused-ring (bicyclic) bond motifs is 10. The van der Waals surface area contributed by atoms with E-state index >= 15 is 0 Å². The summed E-state index contributed by atoms with van der Waals surface area (Å²) in [5.74, 6) is 0. The van der Waals surface area contributed by atoms with Crippen molar-refractivity contribution >= 4 is 86.0 Å². The molecule has 55 heavy (non-hydrogen) atoms. The molecule has 1 aliphatic carbocycles. The minimum absolute atomic E-state index is 0.0562. The minimum atomic E-state index is -2.80. The lowest BCUT2D eigenvalue weighted by atomic mass is 9.33. The van der Waals surface area contributed by atoms with Gasteiger partial charge in [-0.2, -0.15) is 0 Å². The van der Waals surface area contributed by atoms with E-state index in [4.69, 9.17) is 0 Å². The average molecular weight is 717 g/mol. The Morgan fingerprint density at radius 3 is 1.78 bits per heavy atom. The van der Waals surface area contributed by atoms with Gasteiger partial charge in [-0.1, -0.05) is 172 Å². The summed E-state index contributed by atoms with van der Waals surface area (Å²) in [6.45, 7) is 4.93. The Bertz CT molecular complexity index is 2830. The first kappa shape index (κ1) is 31.0. The Morgan fingerprint density at radius 2 is 1.04 bits per heavy atom. The molecule has 258 valence electrons. The van der Waals surface area contributed by atoms with Crippen LogP contribution in [-0.4, -0.2) is 14.8 Å². The van der Waals surface area contributed by atoms with Crippen LogP contribution in [0.2, 0.25) is 0 Å². The van der Waals surface area contributed by atoms with E-state index in [0.29, 0.717) is 0 Å². The van der Waals surface area contributed by atoms with Crippen LogP contribution < -0.4 is 46.9 Å². The van der Waals surface area contributed by atoms with Gasteiger partial charge in [0.25, 0.3) is 6.71 Å². The van der Waals surface area contributed by atoms with Gasteiger partial charge in [-0.25, -0.2) is 0 Å². The van der Waals surface area contributed by atoms with E-state index in [-0.39, 0.29) is 12.1 Å². The van der Waals surface area contributed by atoms with Gasteiger partial charge in [0.05, 0.1) is 0 Å². The van der Waals surface area contributed by atoms with E-state index in [2.05, 4.69) is 212 Å². The zero-order valence-corrected chi connectivity index (χ0v) is 31.9. The second-order valence-electron chi connectivity index (χ2n) is 16.0. The van der Waals surface area contributed by atoms with Crippen LogP contribution >= 0.6 is 0 Å². The van der Waals surface area contributed by atoms with Crippen molar-refractivity contribution in [3.05, 3.63) is 199 Å². The van der Waals surface area contributed by atoms with E-state index in [0.717, 1.165) is 0 Å². The Labute approximate surface area is 324 Å². The van der Waals surface area contributed by atoms with Crippen molar-refractivity contribution in [1.82, 2.24) is 0 Å². The zero-order chi connectivity index (χ0) is 36.5. The number of nitrogens with zero attached hydrogens (tertiary/aromatic N) is 2. The number of benzene rings is 8. The molecule has 0 unspecified atom stereocenters. The van der Waals surface area contributed by atoms with Gasteiger partial charge in [-0.15, -0.1) is 0 Å². The van der Waals surface area contributed by atoms with Gasteiger partial charge < -0.3 is 9.80 Å². The number of anilines is 6. The van der Waals surface area contributed by atoms with Crippen LogP contribution in [0.4, 0.5) is 34.1 Å². The topological polar surface area (TPSA) is 6.48 Å². The molecule has 3 heterocycles. The van der Waals surface area contributed by atoms with Crippen molar-refractivity contribution in [1.29, 1.82) is 0 Å². The molecule has 8 aromatic carbocycles. The van der Waals surface area contributed by atoms with Gasteiger partial charge in [0.2, 0.25) is 0 Å². The predicted molar refractivity (Wildman–Crippen MR) is 235 cm³/mol. The maximum Gasteiger partial charge on any atom is 0.252 e. The van der Waals surface area contributed by atoms with Crippen LogP contribution in [0, 0.1) is 0 Å². The summed E-state index contributed by atoms with van der Waals surface area (Å²) in [6.07, 6.45) is 0. The fourth-order valence-corrected chi connectivity index (χ4v) is 16.1. The molecule has 0 amide bonds. The monoisotopic (exact) mass is 716 g/mol. The molecule has 0 spiro atoms. The fourth-order valence-electron chi connectivity index (χ4n) is 11.0. The lowest BCUT2D eigenvalue weighted by molar-refractivity contribution is 0.661. The summed E-state index contributed by atoms with van der Waals surface area (Å²) in [6, 6.07) is 71.4. The van der Waals surface area contributed by atoms with E-state index < -0.39 is 8.07 Å². The molecule has 0 bridgehead atoms. The van der Waals surface area contributed by atoms with Crippen molar-refractivity contribution in [2.24, 2.45) is 0 Å². The number of hydrogen-bond donors (Lipinski definition) is 0. The number of para-hydroxylation sites is 4. The SMILES string of the molecule is CC1(C)c2ccccc2-c2cc3c4c(c21)N(c1ccccc1)c1ccccc1B4c1cccc2c1N3c1ccccc1[Si]2(c1ccccc1)c1ccccc1. The quantitative estimate of drug-likeness (QED) is 0.173. The fraction of sp³-hybridized carbons (Fsp3) is 0.0588. The first-order chi connectivity index (χ1) is 27.1. The molecule has 0 fully saturated rings. The van der Waals surface area contributed by atoms with Crippen molar-refractivity contribution in [2.45, 2.75) is 19.3 Å². The summed E-state index contributed by atoms with van der Waals surface area (Å²) >= 11 is 0. The molecule has 0 saturated carbocycles. The predicted octanol–water partition coefficient (Wildman–Crippen LogP) is 7.77. The maximum atomic E-state index is 2.68. The molecular formula is C51H37BN2Si. The van der Waals surface area contributed by atoms with Crippen LogP contribution in [0.15, 0.2) is 188 Å². The Hall–Kier alpha value is -6.36. The smallest absolute Gasteiger partial charge is 0.252 e. The van der Waals surface area contributed by atoms with E-state index in [1.807, 2.05) is 0 Å². The number of rotatable bonds is 3. The Kier molecular flexibility index (Phi) is 6.26. The van der Waals surface area contributed by atoms with Gasteiger partial charge >= 0.3 is 0 Å². The van der Waals surface area contributed by atoms with Crippen LogP contribution in [-0.2, 0) is 5.41 Å². The third-order valence-corrected chi connectivity index (χ3v) is 17.9. The standard InChI is InChI=1S/C51H37BN2Si/c1-51(2)39-26-13-12-25-37(39)38-33-44-48-50(47(38)51)53(34-19-6-3-7-20-34)42-29-15-14-27-40(42)52(48)41-28-18-32-46-49(41)54(44)43-30-16-17-31-45(43)55(46,35-21-8-4-9-22-35)36-23-10-5-11-24-36/h3-33H,1-2H3. The molecule has 0 N–H and O–H groups in total. The summed E-state index contributed by atoms with van der Waals surface area (Å²) < 4.78 is 0. The van der Waals surface area contributed by atoms with Gasteiger partial charge in [-0.05, 0) is 89.7 Å². The average Bonchev–Trinajstić information content (AvgIpc) is 3.48. The third-order valence-electron chi connectivity index (χ3n) is 13.1. The highest BCUT2D eigenvalue weighted by molar-refractivity contribution is 7.22. The van der Waals surface area contributed by atoms with Gasteiger partial charge in [-0.3, -0.25) is 0 Å². The Balaban J connectivity index is 1.28. The molecule has 3 aliphatic heterocycles. The van der Waals surface area contributed by atoms with Gasteiger partial charge in [0, 0.05) is 39.5 Å². The largest absolute Gasteiger partial charge is 0.312 e. The summed E-state index contributed by atoms with van der Waals surface area (Å²) in [5.41, 5.74) is 17.1. The highest BCUT2D eigenvalue weighted by Crippen LogP contribution is 2.57. The highest BCUT2D eigenvalue weighted by Gasteiger charge is 2.55. The molecule has 2 nitrogen and oxygen atoms in total. The molecule has 0 aromatic heterocycles. The van der Waals surface area contributed by atoms with Crippen LogP contribution in [0.1, 0.15) is 25.0 Å². The normalized spacial score (nSPS) is 15.6. The van der Waals surface area contributed by atoms with Crippen molar-refractivity contribution in [3.63, 3.8) is 0 Å². The first-order valence-corrected chi connectivity index (χ1v) is 21.5. The van der Waals surface area contributed by atoms with E-state index in [1.54, 1.807) is 0 Å². The molecule has 0 atom stereocenters. The maximum absolute atomic E-state index is 2.80. The second-order valence-corrected chi connectivity index (χ2v) is 19.7. The third kappa shape index (κ3) is 3.85. The summed E-state index contributed by atoms with van der Waals surface area (Å²) in [7, 11) is -2.80. The lowest BCUT2D eigenvalue weighted by Gasteiger charge is -2.51. The van der Waals surface area contributed by atoms with E-state index in [9.17, 15) is 0 Å². The summed E-state index contributed by atoms with van der Waals surface area (Å²) in [4.78, 5) is 5.27. The molecule has 0 saturated heterocycles. The molecule has 4 aliphatic rings. The lowest BCUT2D eigenvalue weighted by Crippen LogP contribution is -2.79. The van der Waals surface area contributed by atoms with Gasteiger partial charge in [0.1, 0.15) is 0 Å². The molecule has 8 aromatic rings. The summed E-state index contributed by atoms with van der Waals surface area (Å²) in [5, 5.41) is 5.72. The minimum Gasteiger partial charge on any atom is -0.312 e. The molecule has 12 rings (SSSR count). The van der Waals surface area contributed by atoms with Crippen molar-refractivity contribution in [2.75, 3.05) is 9.80 Å². The highest BCUT2D eigenvalue weighted by atomic mass is 28.3. The molecule has 4 heteroatoms. The number of hydrogen-bond acceptors (Lipinski definition) is 2. The van der Waals surface area contributed by atoms with Gasteiger partial charge in [0.15, 0.2) is 8.07 Å². The zero-order valence-electron chi connectivity index (χ0n) is 30.9.